The molecule has 0 fully saturated rings. The predicted octanol–water partition coefficient (Wildman–Crippen LogP) is 2.74. The number of fused-ring (bicyclic) bond motifs is 1. The molecule has 84 valence electrons. The first kappa shape index (κ1) is 10.3. The van der Waals surface area contributed by atoms with Gasteiger partial charge in [0.25, 0.3) is 0 Å². The maximum atomic E-state index is 2.39. The minimum atomic E-state index is 0.533. The van der Waals surface area contributed by atoms with Gasteiger partial charge in [0.05, 0.1) is 0 Å². The van der Waals surface area contributed by atoms with Crippen LogP contribution < -0.4 is 10.4 Å². The Morgan fingerprint density at radius 1 is 0.882 bits per heavy atom. The molecule has 1 aliphatic rings. The number of rotatable bonds is 1. The molecule has 0 N–H and O–H groups in total. The minimum absolute atomic E-state index is 0.533. The number of hydrogen-bond acceptors (Lipinski definition) is 0. The lowest BCUT2D eigenvalue weighted by atomic mass is 9.90. The van der Waals surface area contributed by atoms with Gasteiger partial charge in [0.1, 0.15) is 0 Å². The molecule has 1 atom stereocenters. The highest BCUT2D eigenvalue weighted by Crippen LogP contribution is 2.23. The van der Waals surface area contributed by atoms with Gasteiger partial charge in [-0.3, -0.25) is 0 Å². The average Bonchev–Trinajstić information content (AvgIpc) is 2.39. The smallest absolute Gasteiger partial charge is 0.00620 e. The van der Waals surface area contributed by atoms with Crippen LogP contribution in [0.5, 0.6) is 0 Å². The largest absolute Gasteiger partial charge is 0.0758 e. The Morgan fingerprint density at radius 3 is 2.35 bits per heavy atom. The van der Waals surface area contributed by atoms with Crippen LogP contribution in [0.2, 0.25) is 0 Å². The molecule has 17 heavy (non-hydrogen) atoms. The summed E-state index contributed by atoms with van der Waals surface area (Å²) >= 11 is 0. The fourth-order valence-electron chi connectivity index (χ4n) is 2.43. The van der Waals surface area contributed by atoms with E-state index in [2.05, 4.69) is 67.6 Å². The van der Waals surface area contributed by atoms with Gasteiger partial charge in [0.15, 0.2) is 0 Å². The summed E-state index contributed by atoms with van der Waals surface area (Å²) in [6, 6.07) is 17.5. The van der Waals surface area contributed by atoms with Crippen LogP contribution in [0.4, 0.5) is 0 Å². The van der Waals surface area contributed by atoms with E-state index in [1.54, 1.807) is 0 Å². The second-order valence-electron chi connectivity index (χ2n) is 4.75. The zero-order valence-electron chi connectivity index (χ0n) is 10.1. The highest BCUT2D eigenvalue weighted by atomic mass is 14.1. The van der Waals surface area contributed by atoms with E-state index in [4.69, 9.17) is 0 Å². The van der Waals surface area contributed by atoms with E-state index in [1.165, 1.54) is 21.6 Å². The fraction of sp³-hybridized carbons (Fsp3) is 0.176. The molecular formula is C17H16. The molecule has 0 spiro atoms. The molecule has 2 aromatic carbocycles. The van der Waals surface area contributed by atoms with E-state index in [1.807, 2.05) is 0 Å². The van der Waals surface area contributed by atoms with Crippen molar-refractivity contribution in [1.29, 1.82) is 0 Å². The van der Waals surface area contributed by atoms with E-state index < -0.39 is 0 Å². The lowest BCUT2D eigenvalue weighted by Gasteiger charge is -2.14. The van der Waals surface area contributed by atoms with E-state index in [0.29, 0.717) is 5.92 Å². The maximum Gasteiger partial charge on any atom is 0.00620 e. The molecule has 0 heterocycles. The summed E-state index contributed by atoms with van der Waals surface area (Å²) in [7, 11) is 0. The molecule has 3 rings (SSSR count). The van der Waals surface area contributed by atoms with E-state index in [9.17, 15) is 0 Å². The van der Waals surface area contributed by atoms with Crippen LogP contribution in [0.1, 0.15) is 23.5 Å². The first-order valence-corrected chi connectivity index (χ1v) is 6.16. The van der Waals surface area contributed by atoms with Crippen molar-refractivity contribution in [2.45, 2.75) is 19.3 Å². The first-order chi connectivity index (χ1) is 8.33. The quantitative estimate of drug-likeness (QED) is 0.693. The molecule has 0 radical (unpaired) electrons. The maximum absolute atomic E-state index is 2.39. The van der Waals surface area contributed by atoms with Gasteiger partial charge in [-0.05, 0) is 29.3 Å². The number of benzene rings is 2. The Morgan fingerprint density at radius 2 is 1.59 bits per heavy atom. The summed E-state index contributed by atoms with van der Waals surface area (Å²) in [4.78, 5) is 0. The van der Waals surface area contributed by atoms with Crippen molar-refractivity contribution in [2.24, 2.45) is 0 Å². The molecule has 0 aromatic heterocycles. The molecule has 0 saturated heterocycles. The van der Waals surface area contributed by atoms with Gasteiger partial charge in [-0.15, -0.1) is 0 Å². The van der Waals surface area contributed by atoms with Crippen LogP contribution in [0.15, 0.2) is 48.5 Å². The summed E-state index contributed by atoms with van der Waals surface area (Å²) in [5, 5.41) is 2.74. The molecule has 0 heteroatoms. The molecule has 2 aromatic rings. The fourth-order valence-corrected chi connectivity index (χ4v) is 2.43. The normalized spacial score (nSPS) is 17.8. The van der Waals surface area contributed by atoms with Crippen molar-refractivity contribution < 1.29 is 0 Å². The summed E-state index contributed by atoms with van der Waals surface area (Å²) < 4.78 is 0. The zero-order valence-corrected chi connectivity index (χ0v) is 10.1. The third-order valence-corrected chi connectivity index (χ3v) is 3.47. The summed E-state index contributed by atoms with van der Waals surface area (Å²) in [5.74, 6) is 0.533. The SMILES string of the molecule is Cc1ccc(C2C=c3ccccc3=CC2)cc1. The standard InChI is InChI=1S/C17H16/c1-13-6-8-15(9-7-13)17-11-10-14-4-2-3-5-16(14)12-17/h2-10,12,17H,11H2,1H3. The van der Waals surface area contributed by atoms with Crippen LogP contribution in [0.25, 0.3) is 12.2 Å². The van der Waals surface area contributed by atoms with E-state index in [-0.39, 0.29) is 0 Å². The number of hydrogen-bond donors (Lipinski definition) is 0. The topological polar surface area (TPSA) is 0 Å². The highest BCUT2D eigenvalue weighted by molar-refractivity contribution is 5.48. The van der Waals surface area contributed by atoms with E-state index >= 15 is 0 Å². The van der Waals surface area contributed by atoms with Gasteiger partial charge in [-0.1, -0.05) is 66.2 Å². The van der Waals surface area contributed by atoms with Gasteiger partial charge in [0.2, 0.25) is 0 Å². The van der Waals surface area contributed by atoms with Crippen molar-refractivity contribution >= 4 is 12.2 Å². The van der Waals surface area contributed by atoms with Crippen molar-refractivity contribution in [1.82, 2.24) is 0 Å². The average molecular weight is 220 g/mol. The van der Waals surface area contributed by atoms with Gasteiger partial charge in [-0.2, -0.15) is 0 Å². The summed E-state index contributed by atoms with van der Waals surface area (Å²) in [6.07, 6.45) is 5.85. The molecule has 0 aliphatic heterocycles. The Bertz CT molecular complexity index is 632. The third kappa shape index (κ3) is 2.03. The lowest BCUT2D eigenvalue weighted by Crippen LogP contribution is -2.27. The van der Waals surface area contributed by atoms with Crippen molar-refractivity contribution in [3.05, 3.63) is 70.1 Å². The second-order valence-corrected chi connectivity index (χ2v) is 4.75. The van der Waals surface area contributed by atoms with Crippen LogP contribution in [-0.2, 0) is 0 Å². The summed E-state index contributed by atoms with van der Waals surface area (Å²) in [5.41, 5.74) is 2.75. The van der Waals surface area contributed by atoms with Crippen LogP contribution >= 0.6 is 0 Å². The Kier molecular flexibility index (Phi) is 2.56. The molecule has 1 unspecified atom stereocenters. The first-order valence-electron chi connectivity index (χ1n) is 6.16. The Labute approximate surface area is 102 Å². The highest BCUT2D eigenvalue weighted by Gasteiger charge is 2.09. The van der Waals surface area contributed by atoms with Gasteiger partial charge in [-0.25, -0.2) is 0 Å². The zero-order chi connectivity index (χ0) is 11.7. The molecule has 1 aliphatic carbocycles. The van der Waals surface area contributed by atoms with Crippen molar-refractivity contribution in [3.63, 3.8) is 0 Å². The minimum Gasteiger partial charge on any atom is -0.0758 e. The lowest BCUT2D eigenvalue weighted by molar-refractivity contribution is 0.920. The predicted molar refractivity (Wildman–Crippen MR) is 73.2 cm³/mol. The monoisotopic (exact) mass is 220 g/mol. The van der Waals surface area contributed by atoms with Crippen LogP contribution in [0, 0.1) is 6.92 Å². The van der Waals surface area contributed by atoms with E-state index in [0.717, 1.165) is 6.42 Å². The van der Waals surface area contributed by atoms with Crippen LogP contribution in [-0.4, -0.2) is 0 Å². The Hall–Kier alpha value is -1.82. The van der Waals surface area contributed by atoms with Gasteiger partial charge < -0.3 is 0 Å². The Balaban J connectivity index is 2.03. The summed E-state index contributed by atoms with van der Waals surface area (Å²) in [6.45, 7) is 2.13. The molecule has 0 amide bonds. The number of aryl methyl sites for hydroxylation is 1. The van der Waals surface area contributed by atoms with Crippen molar-refractivity contribution in [3.8, 4) is 0 Å². The molecule has 0 saturated carbocycles. The molecular weight excluding hydrogens is 204 g/mol. The van der Waals surface area contributed by atoms with Crippen LogP contribution in [0.3, 0.4) is 0 Å². The second kappa shape index (κ2) is 4.21. The van der Waals surface area contributed by atoms with Crippen molar-refractivity contribution in [2.75, 3.05) is 0 Å². The molecule has 0 nitrogen and oxygen atoms in total. The third-order valence-electron chi connectivity index (χ3n) is 3.47. The molecule has 0 bridgehead atoms. The van der Waals surface area contributed by atoms with Gasteiger partial charge >= 0.3 is 0 Å². The van der Waals surface area contributed by atoms with Gasteiger partial charge in [0, 0.05) is 5.92 Å².